The Bertz CT molecular complexity index is 558. The van der Waals surface area contributed by atoms with E-state index >= 15 is 0 Å². The van der Waals surface area contributed by atoms with Gasteiger partial charge in [-0.3, -0.25) is 0 Å². The molecule has 3 heteroatoms. The van der Waals surface area contributed by atoms with Crippen molar-refractivity contribution < 1.29 is 0 Å². The van der Waals surface area contributed by atoms with Crippen molar-refractivity contribution in [1.29, 1.82) is 0 Å². The van der Waals surface area contributed by atoms with Crippen molar-refractivity contribution in [3.05, 3.63) is 67.6 Å². The third kappa shape index (κ3) is 2.68. The highest BCUT2D eigenvalue weighted by molar-refractivity contribution is 9.11. The minimum absolute atomic E-state index is 0.113. The van der Waals surface area contributed by atoms with Crippen molar-refractivity contribution in [3.63, 3.8) is 0 Å². The van der Waals surface area contributed by atoms with E-state index in [4.69, 9.17) is 5.73 Å². The van der Waals surface area contributed by atoms with Crippen LogP contribution in [0.1, 0.15) is 28.3 Å². The summed E-state index contributed by atoms with van der Waals surface area (Å²) < 4.78 is 2.09. The highest BCUT2D eigenvalue weighted by atomic mass is 79.9. The summed E-state index contributed by atoms with van der Waals surface area (Å²) in [6, 6.07) is 12.3. The van der Waals surface area contributed by atoms with Gasteiger partial charge in [0.1, 0.15) is 0 Å². The van der Waals surface area contributed by atoms with E-state index < -0.39 is 0 Å². The topological polar surface area (TPSA) is 26.0 Å². The average Bonchev–Trinajstić information content (AvgIpc) is 2.32. The Hall–Kier alpha value is -0.640. The molecule has 1 nitrogen and oxygen atoms in total. The van der Waals surface area contributed by atoms with Crippen LogP contribution in [0, 0.1) is 13.8 Å². The molecule has 0 radical (unpaired) electrons. The normalized spacial score (nSPS) is 12.5. The molecule has 94 valence electrons. The van der Waals surface area contributed by atoms with E-state index in [1.807, 2.05) is 12.1 Å². The van der Waals surface area contributed by atoms with Gasteiger partial charge in [0.25, 0.3) is 0 Å². The lowest BCUT2D eigenvalue weighted by Crippen LogP contribution is -2.15. The fourth-order valence-electron chi connectivity index (χ4n) is 2.23. The minimum Gasteiger partial charge on any atom is -0.320 e. The molecule has 2 aromatic carbocycles. The second-order valence-corrected chi connectivity index (χ2v) is 6.22. The monoisotopic (exact) mass is 367 g/mol. The Morgan fingerprint density at radius 3 is 2.22 bits per heavy atom. The van der Waals surface area contributed by atoms with Crippen LogP contribution in [0.15, 0.2) is 45.3 Å². The van der Waals surface area contributed by atoms with Crippen LogP contribution in [-0.4, -0.2) is 0 Å². The molecule has 0 bridgehead atoms. The molecule has 2 rings (SSSR count). The van der Waals surface area contributed by atoms with Gasteiger partial charge in [0, 0.05) is 8.95 Å². The molecule has 0 spiro atoms. The van der Waals surface area contributed by atoms with Gasteiger partial charge in [-0.2, -0.15) is 0 Å². The Balaban J connectivity index is 2.54. The van der Waals surface area contributed by atoms with E-state index in [1.165, 1.54) is 16.7 Å². The van der Waals surface area contributed by atoms with Gasteiger partial charge in [0.15, 0.2) is 0 Å². The van der Waals surface area contributed by atoms with Crippen LogP contribution in [0.5, 0.6) is 0 Å². The summed E-state index contributed by atoms with van der Waals surface area (Å²) >= 11 is 7.07. The molecule has 1 atom stereocenters. The number of aryl methyl sites for hydroxylation is 2. The van der Waals surface area contributed by atoms with Crippen molar-refractivity contribution in [1.82, 2.24) is 0 Å². The lowest BCUT2D eigenvalue weighted by atomic mass is 9.92. The number of rotatable bonds is 2. The Morgan fingerprint density at radius 2 is 1.61 bits per heavy atom. The zero-order valence-corrected chi connectivity index (χ0v) is 13.5. The van der Waals surface area contributed by atoms with Gasteiger partial charge in [-0.25, -0.2) is 0 Å². The van der Waals surface area contributed by atoms with Crippen LogP contribution in [0.25, 0.3) is 0 Å². The molecule has 0 aliphatic heterocycles. The SMILES string of the molecule is Cc1cccc(C)c1C(N)c1cc(Br)ccc1Br. The molecule has 2 aromatic rings. The molecule has 1 unspecified atom stereocenters. The first-order valence-electron chi connectivity index (χ1n) is 5.77. The molecule has 0 aromatic heterocycles. The molecule has 0 fully saturated rings. The standard InChI is InChI=1S/C15H15Br2N/c1-9-4-3-5-10(2)14(9)15(18)12-8-11(16)6-7-13(12)17/h3-8,15H,18H2,1-2H3. The Morgan fingerprint density at radius 1 is 1.00 bits per heavy atom. The molecule has 0 aliphatic carbocycles. The fourth-order valence-corrected chi connectivity index (χ4v) is 3.10. The van der Waals surface area contributed by atoms with Gasteiger partial charge in [-0.1, -0.05) is 50.1 Å². The molecule has 0 saturated heterocycles. The summed E-state index contributed by atoms with van der Waals surface area (Å²) in [7, 11) is 0. The van der Waals surface area contributed by atoms with Crippen LogP contribution in [0.3, 0.4) is 0 Å². The molecule has 18 heavy (non-hydrogen) atoms. The van der Waals surface area contributed by atoms with Gasteiger partial charge >= 0.3 is 0 Å². The number of hydrogen-bond acceptors (Lipinski definition) is 1. The Kier molecular flexibility index (Phi) is 4.25. The first-order valence-corrected chi connectivity index (χ1v) is 7.36. The van der Waals surface area contributed by atoms with Crippen molar-refractivity contribution in [2.24, 2.45) is 5.73 Å². The van der Waals surface area contributed by atoms with E-state index in [0.717, 1.165) is 14.5 Å². The lowest BCUT2D eigenvalue weighted by Gasteiger charge is -2.19. The quantitative estimate of drug-likeness (QED) is 0.803. The predicted molar refractivity (Wildman–Crippen MR) is 83.8 cm³/mol. The van der Waals surface area contributed by atoms with Crippen LogP contribution in [0.4, 0.5) is 0 Å². The van der Waals surface area contributed by atoms with E-state index in [0.29, 0.717) is 0 Å². The van der Waals surface area contributed by atoms with Crippen molar-refractivity contribution >= 4 is 31.9 Å². The van der Waals surface area contributed by atoms with E-state index in [-0.39, 0.29) is 6.04 Å². The summed E-state index contributed by atoms with van der Waals surface area (Å²) in [6.45, 7) is 4.21. The van der Waals surface area contributed by atoms with Crippen molar-refractivity contribution in [3.8, 4) is 0 Å². The highest BCUT2D eigenvalue weighted by Crippen LogP contribution is 2.32. The first-order chi connectivity index (χ1) is 8.50. The summed E-state index contributed by atoms with van der Waals surface area (Å²) in [4.78, 5) is 0. The smallest absolute Gasteiger partial charge is 0.0568 e. The van der Waals surface area contributed by atoms with E-state index in [9.17, 15) is 0 Å². The number of hydrogen-bond donors (Lipinski definition) is 1. The summed E-state index contributed by atoms with van der Waals surface area (Å²) in [5, 5.41) is 0. The largest absolute Gasteiger partial charge is 0.320 e. The van der Waals surface area contributed by atoms with Gasteiger partial charge in [-0.05, 0) is 54.3 Å². The molecule has 2 N–H and O–H groups in total. The first kappa shape index (κ1) is 13.8. The fraction of sp³-hybridized carbons (Fsp3) is 0.200. The maximum atomic E-state index is 6.44. The summed E-state index contributed by atoms with van der Waals surface area (Å²) in [5.74, 6) is 0. The second kappa shape index (κ2) is 5.55. The zero-order chi connectivity index (χ0) is 13.3. The molecule has 0 amide bonds. The Labute approximate surface area is 125 Å². The van der Waals surface area contributed by atoms with Crippen LogP contribution < -0.4 is 5.73 Å². The average molecular weight is 369 g/mol. The predicted octanol–water partition coefficient (Wildman–Crippen LogP) is 4.88. The lowest BCUT2D eigenvalue weighted by molar-refractivity contribution is 0.845. The zero-order valence-electron chi connectivity index (χ0n) is 10.4. The maximum Gasteiger partial charge on any atom is 0.0568 e. The van der Waals surface area contributed by atoms with Crippen LogP contribution in [0.2, 0.25) is 0 Å². The van der Waals surface area contributed by atoms with Crippen molar-refractivity contribution in [2.45, 2.75) is 19.9 Å². The number of benzene rings is 2. The van der Waals surface area contributed by atoms with Gasteiger partial charge in [0.2, 0.25) is 0 Å². The number of halogens is 2. The van der Waals surface area contributed by atoms with Gasteiger partial charge < -0.3 is 5.73 Å². The minimum atomic E-state index is -0.113. The third-order valence-electron chi connectivity index (χ3n) is 3.15. The molecule has 0 saturated carbocycles. The molecular formula is C15H15Br2N. The van der Waals surface area contributed by atoms with E-state index in [2.05, 4.69) is 70.0 Å². The van der Waals surface area contributed by atoms with Crippen LogP contribution in [-0.2, 0) is 0 Å². The maximum absolute atomic E-state index is 6.44. The second-order valence-electron chi connectivity index (χ2n) is 4.45. The van der Waals surface area contributed by atoms with E-state index in [1.54, 1.807) is 0 Å². The molecule has 0 heterocycles. The summed E-state index contributed by atoms with van der Waals surface area (Å²) in [6.07, 6.45) is 0. The third-order valence-corrected chi connectivity index (χ3v) is 4.36. The highest BCUT2D eigenvalue weighted by Gasteiger charge is 2.16. The van der Waals surface area contributed by atoms with Crippen LogP contribution >= 0.6 is 31.9 Å². The van der Waals surface area contributed by atoms with Gasteiger partial charge in [0.05, 0.1) is 6.04 Å². The van der Waals surface area contributed by atoms with Gasteiger partial charge in [-0.15, -0.1) is 0 Å². The van der Waals surface area contributed by atoms with Crippen molar-refractivity contribution in [2.75, 3.05) is 0 Å². The molecular weight excluding hydrogens is 354 g/mol. The summed E-state index contributed by atoms with van der Waals surface area (Å²) in [5.41, 5.74) is 11.2. The molecule has 0 aliphatic rings. The number of nitrogens with two attached hydrogens (primary N) is 1.